The minimum atomic E-state index is -1.50. The van der Waals surface area contributed by atoms with Gasteiger partial charge >= 0.3 is 12.1 Å². The number of imide groups is 2. The zero-order chi connectivity index (χ0) is 20.0. The molecule has 0 bridgehead atoms. The summed E-state index contributed by atoms with van der Waals surface area (Å²) < 4.78 is 10.9. The van der Waals surface area contributed by atoms with Crippen molar-refractivity contribution in [3.05, 3.63) is 48.2 Å². The molecule has 27 heavy (non-hydrogen) atoms. The quantitative estimate of drug-likeness (QED) is 0.568. The van der Waals surface area contributed by atoms with Gasteiger partial charge in [0.1, 0.15) is 29.4 Å². The van der Waals surface area contributed by atoms with Crippen LogP contribution in [0.25, 0.3) is 11.3 Å². The fraction of sp³-hybridized carbons (Fsp3) is 0.176. The Balaban J connectivity index is 2.25. The van der Waals surface area contributed by atoms with Gasteiger partial charge in [0.25, 0.3) is 5.91 Å². The highest BCUT2D eigenvalue weighted by molar-refractivity contribution is 7.97. The molecule has 10 heteroatoms. The number of aryl methyl sites for hydroxylation is 1. The zero-order valence-electron chi connectivity index (χ0n) is 14.6. The third-order valence-corrected chi connectivity index (χ3v) is 4.03. The van der Waals surface area contributed by atoms with E-state index in [2.05, 4.69) is 11.7 Å². The number of urea groups is 1. The van der Waals surface area contributed by atoms with Crippen molar-refractivity contribution in [2.45, 2.75) is 6.92 Å². The smallest absolute Gasteiger partial charge is 0.425 e. The van der Waals surface area contributed by atoms with E-state index < -0.39 is 18.0 Å². The molecule has 2 N–H and O–H groups in total. The SMILES string of the molecule is C=CCOc1ccc(-c2noc(C)c2C(=O)NC(=O)N(SC)C(=O)O)cc1. The van der Waals surface area contributed by atoms with Crippen molar-refractivity contribution in [3.8, 4) is 17.0 Å². The van der Waals surface area contributed by atoms with Crippen LogP contribution < -0.4 is 10.1 Å². The lowest BCUT2D eigenvalue weighted by molar-refractivity contribution is 0.0959. The molecule has 1 aromatic carbocycles. The Hall–Kier alpha value is -3.27. The number of nitrogens with one attached hydrogen (secondary N) is 1. The Labute approximate surface area is 159 Å². The third-order valence-electron chi connectivity index (χ3n) is 3.35. The summed E-state index contributed by atoms with van der Waals surface area (Å²) in [6, 6.07) is 5.66. The second-order valence-electron chi connectivity index (χ2n) is 5.11. The summed E-state index contributed by atoms with van der Waals surface area (Å²) in [5, 5.41) is 14.8. The average molecular weight is 391 g/mol. The van der Waals surface area contributed by atoms with E-state index in [0.29, 0.717) is 34.2 Å². The summed E-state index contributed by atoms with van der Waals surface area (Å²) in [5.41, 5.74) is 0.823. The molecule has 0 spiro atoms. The maximum absolute atomic E-state index is 12.5. The molecule has 4 amide bonds. The van der Waals surface area contributed by atoms with Gasteiger partial charge in [-0.05, 0) is 43.1 Å². The first kappa shape index (κ1) is 20.0. The molecule has 0 fully saturated rings. The molecule has 0 unspecified atom stereocenters. The number of ether oxygens (including phenoxy) is 1. The predicted octanol–water partition coefficient (Wildman–Crippen LogP) is 3.32. The van der Waals surface area contributed by atoms with E-state index in [1.54, 1.807) is 30.3 Å². The fourth-order valence-corrected chi connectivity index (χ4v) is 2.53. The molecule has 0 aliphatic rings. The van der Waals surface area contributed by atoms with Crippen LogP contribution in [-0.4, -0.2) is 45.5 Å². The summed E-state index contributed by atoms with van der Waals surface area (Å²) in [6.45, 7) is 5.44. The largest absolute Gasteiger partial charge is 0.490 e. The van der Waals surface area contributed by atoms with Crippen molar-refractivity contribution in [3.63, 3.8) is 0 Å². The van der Waals surface area contributed by atoms with E-state index in [4.69, 9.17) is 14.4 Å². The van der Waals surface area contributed by atoms with Crippen LogP contribution in [0.2, 0.25) is 0 Å². The van der Waals surface area contributed by atoms with Crippen LogP contribution in [0.1, 0.15) is 16.1 Å². The zero-order valence-corrected chi connectivity index (χ0v) is 15.4. The molecule has 142 valence electrons. The topological polar surface area (TPSA) is 122 Å². The van der Waals surface area contributed by atoms with Crippen LogP contribution in [0.15, 0.2) is 41.4 Å². The van der Waals surface area contributed by atoms with Gasteiger partial charge < -0.3 is 14.4 Å². The molecular weight excluding hydrogens is 374 g/mol. The van der Waals surface area contributed by atoms with Crippen molar-refractivity contribution in [2.24, 2.45) is 0 Å². The predicted molar refractivity (Wildman–Crippen MR) is 98.6 cm³/mol. The number of nitrogens with zero attached hydrogens (tertiary/aromatic N) is 2. The molecular formula is C17H17N3O6S. The molecule has 2 aromatic rings. The first-order valence-electron chi connectivity index (χ1n) is 7.61. The minimum absolute atomic E-state index is 0.0366. The van der Waals surface area contributed by atoms with Crippen LogP contribution in [0.4, 0.5) is 9.59 Å². The van der Waals surface area contributed by atoms with Crippen LogP contribution in [-0.2, 0) is 0 Å². The van der Waals surface area contributed by atoms with Gasteiger partial charge in [-0.25, -0.2) is 9.59 Å². The molecule has 2 rings (SSSR count). The Kier molecular flexibility index (Phi) is 6.61. The first-order valence-corrected chi connectivity index (χ1v) is 8.80. The summed E-state index contributed by atoms with van der Waals surface area (Å²) in [5.74, 6) is -0.0218. The van der Waals surface area contributed by atoms with Gasteiger partial charge in [-0.3, -0.25) is 10.1 Å². The number of carbonyl (C=O) groups is 3. The van der Waals surface area contributed by atoms with Gasteiger partial charge in [0, 0.05) is 11.8 Å². The summed E-state index contributed by atoms with van der Waals surface area (Å²) >= 11 is 0.648. The summed E-state index contributed by atoms with van der Waals surface area (Å²) in [6.07, 6.45) is 1.51. The monoisotopic (exact) mass is 391 g/mol. The maximum atomic E-state index is 12.5. The Morgan fingerprint density at radius 3 is 2.59 bits per heavy atom. The van der Waals surface area contributed by atoms with Gasteiger partial charge in [0.15, 0.2) is 0 Å². The van der Waals surface area contributed by atoms with Gasteiger partial charge in [-0.2, -0.15) is 4.31 Å². The molecule has 0 atom stereocenters. The van der Waals surface area contributed by atoms with E-state index in [-0.39, 0.29) is 17.0 Å². The van der Waals surface area contributed by atoms with Crippen LogP contribution in [0, 0.1) is 6.92 Å². The summed E-state index contributed by atoms with van der Waals surface area (Å²) in [4.78, 5) is 35.4. The number of carboxylic acid groups (broad SMARTS) is 1. The molecule has 0 aliphatic heterocycles. The second kappa shape index (κ2) is 8.90. The number of benzene rings is 1. The van der Waals surface area contributed by atoms with Crippen molar-refractivity contribution in [2.75, 3.05) is 12.9 Å². The van der Waals surface area contributed by atoms with Gasteiger partial charge in [-0.15, -0.1) is 0 Å². The minimum Gasteiger partial charge on any atom is -0.490 e. The highest BCUT2D eigenvalue weighted by atomic mass is 32.2. The Bertz CT molecular complexity index is 862. The van der Waals surface area contributed by atoms with Crippen molar-refractivity contribution in [1.82, 2.24) is 14.8 Å². The first-order chi connectivity index (χ1) is 12.9. The van der Waals surface area contributed by atoms with Gasteiger partial charge in [-0.1, -0.05) is 17.8 Å². The maximum Gasteiger partial charge on any atom is 0.425 e. The standard InChI is InChI=1S/C17H17N3O6S/c1-4-9-25-12-7-5-11(6-8-12)14-13(10(2)26-19-14)15(21)18-16(22)20(27-3)17(23)24/h4-8H,1,9H2,2-3H3,(H,23,24)(H,18,21,22). The highest BCUT2D eigenvalue weighted by Crippen LogP contribution is 2.27. The van der Waals surface area contributed by atoms with E-state index in [1.807, 2.05) is 5.32 Å². The van der Waals surface area contributed by atoms with Crippen LogP contribution >= 0.6 is 11.9 Å². The molecule has 0 radical (unpaired) electrons. The Morgan fingerprint density at radius 2 is 2.04 bits per heavy atom. The number of hydrogen-bond acceptors (Lipinski definition) is 7. The van der Waals surface area contributed by atoms with Crippen molar-refractivity contribution >= 4 is 30.0 Å². The van der Waals surface area contributed by atoms with E-state index in [0.717, 1.165) is 0 Å². The average Bonchev–Trinajstić information content (AvgIpc) is 3.02. The lowest BCUT2D eigenvalue weighted by Gasteiger charge is -2.13. The lowest BCUT2D eigenvalue weighted by Crippen LogP contribution is -2.41. The Morgan fingerprint density at radius 1 is 1.37 bits per heavy atom. The highest BCUT2D eigenvalue weighted by Gasteiger charge is 2.27. The number of rotatable bonds is 6. The number of amides is 4. The lowest BCUT2D eigenvalue weighted by atomic mass is 10.1. The van der Waals surface area contributed by atoms with E-state index in [9.17, 15) is 14.4 Å². The molecule has 9 nitrogen and oxygen atoms in total. The normalized spacial score (nSPS) is 10.1. The van der Waals surface area contributed by atoms with Crippen LogP contribution in [0.5, 0.6) is 5.75 Å². The van der Waals surface area contributed by atoms with Crippen molar-refractivity contribution < 1.29 is 28.8 Å². The molecule has 0 aliphatic carbocycles. The molecule has 0 saturated heterocycles. The molecule has 0 saturated carbocycles. The van der Waals surface area contributed by atoms with Crippen molar-refractivity contribution in [1.29, 1.82) is 0 Å². The van der Waals surface area contributed by atoms with E-state index >= 15 is 0 Å². The number of carbonyl (C=O) groups excluding carboxylic acids is 2. The second-order valence-corrected chi connectivity index (χ2v) is 5.84. The van der Waals surface area contributed by atoms with Gasteiger partial charge in [0.05, 0.1) is 0 Å². The molecule has 1 heterocycles. The molecule has 1 aromatic heterocycles. The summed E-state index contributed by atoms with van der Waals surface area (Å²) in [7, 11) is 0. The fourth-order valence-electron chi connectivity index (χ4n) is 2.16. The van der Waals surface area contributed by atoms with Crippen LogP contribution in [0.3, 0.4) is 0 Å². The third kappa shape index (κ3) is 4.67. The van der Waals surface area contributed by atoms with Gasteiger partial charge in [0.2, 0.25) is 0 Å². The van der Waals surface area contributed by atoms with E-state index in [1.165, 1.54) is 13.2 Å². The number of aromatic nitrogens is 1. The number of hydrogen-bond donors (Lipinski definition) is 2.